The first-order chi connectivity index (χ1) is 14.0. The molecule has 0 saturated heterocycles. The molecule has 4 aromatic rings. The van der Waals surface area contributed by atoms with Gasteiger partial charge in [0.15, 0.2) is 0 Å². The first-order valence-corrected chi connectivity index (χ1v) is 10.2. The van der Waals surface area contributed by atoms with Crippen LogP contribution in [0.1, 0.15) is 20.8 Å². The number of hydrogen-bond donors (Lipinski definition) is 2. The largest absolute Gasteiger partial charge is 0.506 e. The molecule has 1 amide bonds. The number of phenolic OH excluding ortho intramolecular Hbond substituents is 1. The number of rotatable bonds is 5. The number of aromatic hydroxyl groups is 1. The van der Waals surface area contributed by atoms with Crippen LogP contribution in [0.4, 0.5) is 0 Å². The number of fused-ring (bicyclic) bond motifs is 1. The normalized spacial score (nSPS) is 11.4. The Morgan fingerprint density at radius 1 is 1.17 bits per heavy atom. The molecule has 0 radical (unpaired) electrons. The molecule has 146 valence electrons. The summed E-state index contributed by atoms with van der Waals surface area (Å²) in [7, 11) is 0. The third kappa shape index (κ3) is 4.29. The van der Waals surface area contributed by atoms with E-state index in [2.05, 4.69) is 15.1 Å². The van der Waals surface area contributed by atoms with Crippen molar-refractivity contribution in [3.63, 3.8) is 0 Å². The lowest BCUT2D eigenvalue weighted by molar-refractivity contribution is 0.0955. The zero-order valence-electron chi connectivity index (χ0n) is 15.0. The van der Waals surface area contributed by atoms with E-state index in [1.165, 1.54) is 23.1 Å². The van der Waals surface area contributed by atoms with Crippen LogP contribution in [0.25, 0.3) is 10.9 Å². The van der Waals surface area contributed by atoms with Gasteiger partial charge in [-0.1, -0.05) is 35.3 Å². The number of nitrogens with one attached hydrogen (secondary N) is 1. The van der Waals surface area contributed by atoms with Crippen molar-refractivity contribution in [3.8, 4) is 5.75 Å². The summed E-state index contributed by atoms with van der Waals surface area (Å²) in [5.74, 6) is -0.491. The molecule has 2 N–H and O–H groups in total. The van der Waals surface area contributed by atoms with E-state index in [9.17, 15) is 9.90 Å². The van der Waals surface area contributed by atoms with Crippen LogP contribution in [0.15, 0.2) is 65.9 Å². The van der Waals surface area contributed by atoms with Gasteiger partial charge in [0, 0.05) is 33.1 Å². The van der Waals surface area contributed by atoms with Crippen molar-refractivity contribution >= 4 is 57.6 Å². The average Bonchev–Trinajstić information content (AvgIpc) is 3.31. The van der Waals surface area contributed by atoms with Crippen molar-refractivity contribution in [1.82, 2.24) is 9.99 Å². The van der Waals surface area contributed by atoms with Crippen LogP contribution in [0.3, 0.4) is 0 Å². The monoisotopic (exact) mass is 443 g/mol. The molecule has 2 aromatic carbocycles. The van der Waals surface area contributed by atoms with Crippen molar-refractivity contribution in [2.45, 2.75) is 6.54 Å². The number of benzene rings is 2. The van der Waals surface area contributed by atoms with Crippen LogP contribution in [0.5, 0.6) is 5.75 Å². The van der Waals surface area contributed by atoms with E-state index in [1.807, 2.05) is 42.6 Å². The smallest absolute Gasteiger partial charge is 0.271 e. The van der Waals surface area contributed by atoms with E-state index in [4.69, 9.17) is 23.2 Å². The van der Waals surface area contributed by atoms with E-state index in [0.717, 1.165) is 27.3 Å². The summed E-state index contributed by atoms with van der Waals surface area (Å²) in [6, 6.07) is 16.1. The molecule has 0 atom stereocenters. The zero-order valence-corrected chi connectivity index (χ0v) is 17.3. The third-order valence-corrected chi connectivity index (χ3v) is 5.90. The number of carbonyl (C=O) groups is 1. The molecule has 0 aliphatic rings. The van der Waals surface area contributed by atoms with Gasteiger partial charge in [-0.15, -0.1) is 11.3 Å². The van der Waals surface area contributed by atoms with Crippen LogP contribution in [0.2, 0.25) is 9.36 Å². The summed E-state index contributed by atoms with van der Waals surface area (Å²) < 4.78 is 2.92. The van der Waals surface area contributed by atoms with Crippen molar-refractivity contribution in [3.05, 3.63) is 86.2 Å². The second kappa shape index (κ2) is 8.29. The molecule has 2 aromatic heterocycles. The second-order valence-electron chi connectivity index (χ2n) is 6.29. The molecule has 0 aliphatic carbocycles. The SMILES string of the molecule is O=C(NN=Cc1cccc2c1ccn2Cc1ccc(Cl)s1)c1ccc(O)c(Cl)c1. The van der Waals surface area contributed by atoms with Crippen molar-refractivity contribution < 1.29 is 9.90 Å². The molecular formula is C21H15Cl2N3O2S. The quantitative estimate of drug-likeness (QED) is 0.314. The van der Waals surface area contributed by atoms with Gasteiger partial charge in [-0.3, -0.25) is 4.79 Å². The van der Waals surface area contributed by atoms with Crippen molar-refractivity contribution in [2.24, 2.45) is 5.10 Å². The Balaban J connectivity index is 1.52. The fraction of sp³-hybridized carbons (Fsp3) is 0.0476. The standard InChI is InChI=1S/C21H15Cl2N3O2S/c22-17-10-13(4-6-19(17)27)21(28)25-24-11-14-2-1-3-18-16(14)8-9-26(18)12-15-5-7-20(23)29-15/h1-11,27H,12H2,(H,25,28). The Morgan fingerprint density at radius 3 is 2.79 bits per heavy atom. The summed E-state index contributed by atoms with van der Waals surface area (Å²) in [5.41, 5.74) is 4.74. The van der Waals surface area contributed by atoms with Crippen molar-refractivity contribution in [2.75, 3.05) is 0 Å². The molecule has 0 bridgehead atoms. The number of nitrogens with zero attached hydrogens (tertiary/aromatic N) is 2. The molecule has 0 fully saturated rings. The number of hydrazone groups is 1. The summed E-state index contributed by atoms with van der Waals surface area (Å²) in [4.78, 5) is 13.4. The number of aromatic nitrogens is 1. The number of hydrogen-bond acceptors (Lipinski definition) is 4. The van der Waals surface area contributed by atoms with E-state index in [1.54, 1.807) is 17.6 Å². The number of phenols is 1. The van der Waals surface area contributed by atoms with Crippen LogP contribution in [-0.4, -0.2) is 21.8 Å². The Labute approximate surface area is 180 Å². The predicted octanol–water partition coefficient (Wildman–Crippen LogP) is 5.53. The Hall–Kier alpha value is -2.80. The van der Waals surface area contributed by atoms with Gasteiger partial charge in [0.25, 0.3) is 5.91 Å². The molecular weight excluding hydrogens is 429 g/mol. The lowest BCUT2D eigenvalue weighted by Crippen LogP contribution is -2.17. The van der Waals surface area contributed by atoms with Gasteiger partial charge in [-0.05, 0) is 42.5 Å². The molecule has 0 unspecified atom stereocenters. The highest BCUT2D eigenvalue weighted by molar-refractivity contribution is 7.16. The number of amides is 1. The fourth-order valence-corrected chi connectivity index (χ4v) is 4.24. The Kier molecular flexibility index (Phi) is 5.58. The van der Waals surface area contributed by atoms with Gasteiger partial charge in [0.05, 0.1) is 22.1 Å². The highest BCUT2D eigenvalue weighted by Gasteiger charge is 2.09. The molecule has 0 spiro atoms. The first kappa shape index (κ1) is 19.5. The van der Waals surface area contributed by atoms with Gasteiger partial charge in [-0.25, -0.2) is 5.43 Å². The van der Waals surface area contributed by atoms with Crippen LogP contribution in [0, 0.1) is 0 Å². The van der Waals surface area contributed by atoms with Crippen LogP contribution in [-0.2, 0) is 6.54 Å². The highest BCUT2D eigenvalue weighted by Crippen LogP contribution is 2.26. The van der Waals surface area contributed by atoms with Gasteiger partial charge in [0.2, 0.25) is 0 Å². The zero-order chi connectivity index (χ0) is 20.4. The lowest BCUT2D eigenvalue weighted by atomic mass is 10.1. The topological polar surface area (TPSA) is 66.6 Å². The van der Waals surface area contributed by atoms with Gasteiger partial charge in [-0.2, -0.15) is 5.10 Å². The minimum absolute atomic E-state index is 0.0762. The number of carbonyl (C=O) groups excluding carboxylic acids is 1. The predicted molar refractivity (Wildman–Crippen MR) is 119 cm³/mol. The van der Waals surface area contributed by atoms with Crippen LogP contribution >= 0.6 is 34.5 Å². The average molecular weight is 444 g/mol. The summed E-state index contributed by atoms with van der Waals surface area (Å²) >= 11 is 13.4. The molecule has 0 aliphatic heterocycles. The minimum Gasteiger partial charge on any atom is -0.506 e. The van der Waals surface area contributed by atoms with Crippen LogP contribution < -0.4 is 5.43 Å². The van der Waals surface area contributed by atoms with Crippen molar-refractivity contribution in [1.29, 1.82) is 0 Å². The molecule has 2 heterocycles. The fourth-order valence-electron chi connectivity index (χ4n) is 2.98. The van der Waals surface area contributed by atoms with E-state index < -0.39 is 5.91 Å². The van der Waals surface area contributed by atoms with Gasteiger partial charge >= 0.3 is 0 Å². The minimum atomic E-state index is -0.414. The number of thiophene rings is 1. The van der Waals surface area contributed by atoms with Gasteiger partial charge in [0.1, 0.15) is 5.75 Å². The maximum atomic E-state index is 12.2. The second-order valence-corrected chi connectivity index (χ2v) is 8.50. The summed E-state index contributed by atoms with van der Waals surface area (Å²) in [5, 5.41) is 14.6. The maximum absolute atomic E-state index is 12.2. The van der Waals surface area contributed by atoms with Gasteiger partial charge < -0.3 is 9.67 Å². The Bertz CT molecular complexity index is 1230. The Morgan fingerprint density at radius 2 is 2.03 bits per heavy atom. The molecule has 0 saturated carbocycles. The maximum Gasteiger partial charge on any atom is 0.271 e. The highest BCUT2D eigenvalue weighted by atomic mass is 35.5. The number of halogens is 2. The first-order valence-electron chi connectivity index (χ1n) is 8.65. The van der Waals surface area contributed by atoms with E-state index in [-0.39, 0.29) is 10.8 Å². The molecule has 8 heteroatoms. The molecule has 29 heavy (non-hydrogen) atoms. The van der Waals surface area contributed by atoms with E-state index in [0.29, 0.717) is 5.56 Å². The lowest BCUT2D eigenvalue weighted by Gasteiger charge is -2.05. The molecule has 4 rings (SSSR count). The molecule has 5 nitrogen and oxygen atoms in total. The third-order valence-electron chi connectivity index (χ3n) is 4.38. The van der Waals surface area contributed by atoms with E-state index >= 15 is 0 Å². The summed E-state index contributed by atoms with van der Waals surface area (Å²) in [6.45, 7) is 0.736. The summed E-state index contributed by atoms with van der Waals surface area (Å²) in [6.07, 6.45) is 3.63.